The summed E-state index contributed by atoms with van der Waals surface area (Å²) < 4.78 is 0. The van der Waals surface area contributed by atoms with Crippen molar-refractivity contribution in [1.82, 2.24) is 15.1 Å². The molecule has 3 N–H and O–H groups in total. The Morgan fingerprint density at radius 1 is 1.17 bits per heavy atom. The number of nitrogens with one attached hydrogen (secondary N) is 1. The zero-order valence-corrected chi connectivity index (χ0v) is 11.7. The van der Waals surface area contributed by atoms with Gasteiger partial charge in [0, 0.05) is 39.1 Å². The fraction of sp³-hybridized carbons (Fsp3) is 0.923. The van der Waals surface area contributed by atoms with Crippen molar-refractivity contribution in [3.05, 3.63) is 0 Å². The van der Waals surface area contributed by atoms with Crippen LogP contribution in [0.5, 0.6) is 0 Å². The zero-order chi connectivity index (χ0) is 13.2. The van der Waals surface area contributed by atoms with Gasteiger partial charge in [-0.05, 0) is 32.5 Å². The Labute approximate surface area is 111 Å². The minimum absolute atomic E-state index is 0.135. The van der Waals surface area contributed by atoms with Gasteiger partial charge >= 0.3 is 0 Å². The van der Waals surface area contributed by atoms with Gasteiger partial charge < -0.3 is 20.9 Å². The molecular formula is C13H28N4O. The average molecular weight is 256 g/mol. The highest BCUT2D eigenvalue weighted by molar-refractivity contribution is 5.75. The molecule has 0 aromatic rings. The molecule has 1 heterocycles. The Kier molecular flexibility index (Phi) is 7.96. The van der Waals surface area contributed by atoms with Crippen LogP contribution >= 0.6 is 0 Å². The van der Waals surface area contributed by atoms with Crippen molar-refractivity contribution in [1.29, 1.82) is 0 Å². The highest BCUT2D eigenvalue weighted by atomic mass is 16.1. The Morgan fingerprint density at radius 3 is 2.44 bits per heavy atom. The molecule has 5 nitrogen and oxygen atoms in total. The van der Waals surface area contributed by atoms with Gasteiger partial charge in [0.1, 0.15) is 0 Å². The van der Waals surface area contributed by atoms with Gasteiger partial charge in [0.15, 0.2) is 0 Å². The largest absolute Gasteiger partial charge is 0.356 e. The van der Waals surface area contributed by atoms with E-state index in [0.29, 0.717) is 13.0 Å². The summed E-state index contributed by atoms with van der Waals surface area (Å²) in [6.07, 6.45) is 2.39. The van der Waals surface area contributed by atoms with Crippen LogP contribution in [-0.4, -0.2) is 68.1 Å². The summed E-state index contributed by atoms with van der Waals surface area (Å²) in [5.74, 6) is 0.135. The molecule has 0 atom stereocenters. The number of amides is 1. The van der Waals surface area contributed by atoms with Crippen LogP contribution in [0.1, 0.15) is 26.2 Å². The fourth-order valence-electron chi connectivity index (χ4n) is 2.21. The summed E-state index contributed by atoms with van der Waals surface area (Å²) in [5.41, 5.74) is 5.36. The van der Waals surface area contributed by atoms with E-state index in [-0.39, 0.29) is 5.91 Å². The van der Waals surface area contributed by atoms with Crippen molar-refractivity contribution < 1.29 is 4.79 Å². The van der Waals surface area contributed by atoms with Crippen molar-refractivity contribution in [2.24, 2.45) is 5.73 Å². The van der Waals surface area contributed by atoms with Crippen LogP contribution in [0.15, 0.2) is 0 Å². The Balaban J connectivity index is 1.96. The summed E-state index contributed by atoms with van der Waals surface area (Å²) in [4.78, 5) is 16.3. The molecule has 0 aliphatic carbocycles. The van der Waals surface area contributed by atoms with Gasteiger partial charge in [-0.2, -0.15) is 0 Å². The normalized spacial score (nSPS) is 17.9. The zero-order valence-electron chi connectivity index (χ0n) is 11.7. The van der Waals surface area contributed by atoms with Gasteiger partial charge in [-0.25, -0.2) is 0 Å². The number of carbonyl (C=O) groups excluding carboxylic acids is 1. The molecule has 18 heavy (non-hydrogen) atoms. The first kappa shape index (κ1) is 15.4. The fourth-order valence-corrected chi connectivity index (χ4v) is 2.21. The van der Waals surface area contributed by atoms with Crippen LogP contribution in [-0.2, 0) is 4.79 Å². The second-order valence-electron chi connectivity index (χ2n) is 4.87. The van der Waals surface area contributed by atoms with Crippen molar-refractivity contribution in [2.45, 2.75) is 26.2 Å². The number of piperazine rings is 1. The molecule has 1 fully saturated rings. The maximum Gasteiger partial charge on any atom is 0.220 e. The second-order valence-corrected chi connectivity index (χ2v) is 4.87. The molecule has 1 amide bonds. The number of nitrogens with two attached hydrogens (primary N) is 1. The van der Waals surface area contributed by atoms with Gasteiger partial charge in [0.25, 0.3) is 0 Å². The molecule has 0 aromatic carbocycles. The Bertz CT molecular complexity index is 227. The summed E-state index contributed by atoms with van der Waals surface area (Å²) in [6, 6.07) is 0. The molecule has 0 bridgehead atoms. The molecule has 0 saturated carbocycles. The van der Waals surface area contributed by atoms with Crippen LogP contribution in [0.3, 0.4) is 0 Å². The highest BCUT2D eigenvalue weighted by Gasteiger charge is 2.14. The van der Waals surface area contributed by atoms with Gasteiger partial charge in [0.2, 0.25) is 5.91 Å². The third-order valence-corrected chi connectivity index (χ3v) is 3.49. The molecule has 1 aliphatic heterocycles. The molecule has 0 aromatic heterocycles. The molecule has 0 unspecified atom stereocenters. The van der Waals surface area contributed by atoms with E-state index < -0.39 is 0 Å². The third kappa shape index (κ3) is 6.33. The number of likely N-dealkylation sites (N-methyl/N-ethyl adjacent to an activating group) is 1. The first-order valence-corrected chi connectivity index (χ1v) is 7.17. The lowest BCUT2D eigenvalue weighted by atomic mass is 10.2. The SMILES string of the molecule is CCN1CCN(CCCNC(=O)CCCN)CC1. The molecule has 1 saturated heterocycles. The number of carbonyl (C=O) groups is 1. The van der Waals surface area contributed by atoms with Gasteiger partial charge in [-0.1, -0.05) is 6.92 Å². The van der Waals surface area contributed by atoms with Gasteiger partial charge in [-0.3, -0.25) is 4.79 Å². The van der Waals surface area contributed by atoms with Gasteiger partial charge in [0.05, 0.1) is 0 Å². The Morgan fingerprint density at radius 2 is 1.83 bits per heavy atom. The maximum atomic E-state index is 11.3. The first-order chi connectivity index (χ1) is 8.76. The quantitative estimate of drug-likeness (QED) is 0.594. The lowest BCUT2D eigenvalue weighted by Crippen LogP contribution is -2.46. The number of hydrogen-bond acceptors (Lipinski definition) is 4. The first-order valence-electron chi connectivity index (χ1n) is 7.17. The Hall–Kier alpha value is -0.650. The van der Waals surface area contributed by atoms with Crippen LogP contribution in [0.4, 0.5) is 0 Å². The third-order valence-electron chi connectivity index (χ3n) is 3.49. The van der Waals surface area contributed by atoms with Crippen molar-refractivity contribution in [3.8, 4) is 0 Å². The molecular weight excluding hydrogens is 228 g/mol. The highest BCUT2D eigenvalue weighted by Crippen LogP contribution is 2.01. The van der Waals surface area contributed by atoms with Gasteiger partial charge in [-0.15, -0.1) is 0 Å². The predicted octanol–water partition coefficient (Wildman–Crippen LogP) is -0.131. The molecule has 5 heteroatoms. The predicted molar refractivity (Wildman–Crippen MR) is 74.5 cm³/mol. The molecule has 1 aliphatic rings. The van der Waals surface area contributed by atoms with E-state index in [0.717, 1.165) is 45.6 Å². The monoisotopic (exact) mass is 256 g/mol. The van der Waals surface area contributed by atoms with Crippen LogP contribution in [0, 0.1) is 0 Å². The van der Waals surface area contributed by atoms with E-state index in [9.17, 15) is 4.79 Å². The van der Waals surface area contributed by atoms with Crippen molar-refractivity contribution in [3.63, 3.8) is 0 Å². The summed E-state index contributed by atoms with van der Waals surface area (Å²) >= 11 is 0. The van der Waals surface area contributed by atoms with E-state index in [4.69, 9.17) is 5.73 Å². The van der Waals surface area contributed by atoms with E-state index in [2.05, 4.69) is 22.0 Å². The molecule has 0 radical (unpaired) electrons. The lowest BCUT2D eigenvalue weighted by molar-refractivity contribution is -0.121. The van der Waals surface area contributed by atoms with E-state index >= 15 is 0 Å². The van der Waals surface area contributed by atoms with E-state index in [1.54, 1.807) is 0 Å². The lowest BCUT2D eigenvalue weighted by Gasteiger charge is -2.33. The van der Waals surface area contributed by atoms with Crippen molar-refractivity contribution in [2.75, 3.05) is 52.4 Å². The number of nitrogens with zero attached hydrogens (tertiary/aromatic N) is 2. The average Bonchev–Trinajstić information content (AvgIpc) is 2.42. The second kappa shape index (κ2) is 9.30. The summed E-state index contributed by atoms with van der Waals surface area (Å²) in [5, 5.41) is 2.95. The number of rotatable bonds is 8. The van der Waals surface area contributed by atoms with E-state index in [1.165, 1.54) is 13.1 Å². The summed E-state index contributed by atoms with van der Waals surface area (Å²) in [6.45, 7) is 10.5. The van der Waals surface area contributed by atoms with Crippen LogP contribution < -0.4 is 11.1 Å². The minimum atomic E-state index is 0.135. The number of hydrogen-bond donors (Lipinski definition) is 2. The smallest absolute Gasteiger partial charge is 0.220 e. The van der Waals surface area contributed by atoms with Crippen molar-refractivity contribution >= 4 is 5.91 Å². The molecule has 106 valence electrons. The topological polar surface area (TPSA) is 61.6 Å². The summed E-state index contributed by atoms with van der Waals surface area (Å²) in [7, 11) is 0. The van der Waals surface area contributed by atoms with E-state index in [1.807, 2.05) is 0 Å². The van der Waals surface area contributed by atoms with Crippen LogP contribution in [0.25, 0.3) is 0 Å². The molecule has 0 spiro atoms. The molecule has 1 rings (SSSR count). The minimum Gasteiger partial charge on any atom is -0.356 e. The maximum absolute atomic E-state index is 11.3. The van der Waals surface area contributed by atoms with Crippen LogP contribution in [0.2, 0.25) is 0 Å². The standard InChI is InChI=1S/C13H28N4O/c1-2-16-9-11-17(12-10-16)8-4-7-15-13(18)5-3-6-14/h2-12,14H2,1H3,(H,15,18).